The maximum atomic E-state index is 11.9. The Balaban J connectivity index is 1.54. The summed E-state index contributed by atoms with van der Waals surface area (Å²) in [6, 6.07) is 16.4. The van der Waals surface area contributed by atoms with Crippen LogP contribution in [0.5, 0.6) is 17.2 Å². The van der Waals surface area contributed by atoms with Crippen molar-refractivity contribution < 1.29 is 19.4 Å². The van der Waals surface area contributed by atoms with Crippen molar-refractivity contribution in [1.82, 2.24) is 5.43 Å². The van der Waals surface area contributed by atoms with E-state index in [0.29, 0.717) is 23.7 Å². The minimum absolute atomic E-state index is 0.0548. The summed E-state index contributed by atoms with van der Waals surface area (Å²) in [5.41, 5.74) is 3.09. The number of rotatable bonds is 7. The highest BCUT2D eigenvalue weighted by atomic mass is 79.9. The van der Waals surface area contributed by atoms with E-state index in [9.17, 15) is 9.90 Å². The Bertz CT molecular complexity index is 1020. The van der Waals surface area contributed by atoms with Crippen LogP contribution in [-0.4, -0.2) is 30.4 Å². The number of hydrogen-bond acceptors (Lipinski definition) is 5. The molecule has 2 N–H and O–H groups in total. The Kier molecular flexibility index (Phi) is 6.49. The van der Waals surface area contributed by atoms with Crippen molar-refractivity contribution >= 4 is 38.8 Å². The lowest BCUT2D eigenvalue weighted by Crippen LogP contribution is -2.24. The third-order valence-electron chi connectivity index (χ3n) is 3.83. The standard InChI is InChI=1S/C21H19BrN2O4/c1-2-27-20-9-14(3-8-19(20)25)12-23-24-21(26)13-28-18-7-5-15-10-17(22)6-4-16(15)11-18/h3-12,25H,2,13H2,1H3,(H,24,26)/b23-12+. The fraction of sp³-hybridized carbons (Fsp3) is 0.143. The Morgan fingerprint density at radius 3 is 2.71 bits per heavy atom. The number of carbonyl (C=O) groups excluding carboxylic acids is 1. The molecule has 0 spiro atoms. The molecule has 0 saturated heterocycles. The molecule has 0 aromatic heterocycles. The number of phenolic OH excluding ortho intramolecular Hbond substituents is 1. The molecule has 0 radical (unpaired) electrons. The number of hydrazone groups is 1. The monoisotopic (exact) mass is 442 g/mol. The van der Waals surface area contributed by atoms with Gasteiger partial charge in [0.25, 0.3) is 5.91 Å². The molecule has 7 heteroatoms. The van der Waals surface area contributed by atoms with Gasteiger partial charge in [0, 0.05) is 4.47 Å². The number of aromatic hydroxyl groups is 1. The molecule has 0 saturated carbocycles. The molecule has 0 atom stereocenters. The van der Waals surface area contributed by atoms with E-state index in [-0.39, 0.29) is 18.3 Å². The number of nitrogens with zero attached hydrogens (tertiary/aromatic N) is 1. The zero-order chi connectivity index (χ0) is 19.9. The van der Waals surface area contributed by atoms with E-state index in [1.54, 1.807) is 12.1 Å². The second-order valence-corrected chi connectivity index (χ2v) is 6.81. The number of halogens is 1. The summed E-state index contributed by atoms with van der Waals surface area (Å²) in [6.07, 6.45) is 1.47. The van der Waals surface area contributed by atoms with Crippen molar-refractivity contribution in [2.45, 2.75) is 6.92 Å². The van der Waals surface area contributed by atoms with Crippen LogP contribution < -0.4 is 14.9 Å². The summed E-state index contributed by atoms with van der Waals surface area (Å²) in [6.45, 7) is 2.11. The van der Waals surface area contributed by atoms with Gasteiger partial charge in [-0.2, -0.15) is 5.10 Å². The van der Waals surface area contributed by atoms with E-state index in [1.165, 1.54) is 12.3 Å². The van der Waals surface area contributed by atoms with Gasteiger partial charge in [-0.25, -0.2) is 5.43 Å². The number of amides is 1. The second kappa shape index (κ2) is 9.23. The number of nitrogens with one attached hydrogen (secondary N) is 1. The molecule has 6 nitrogen and oxygen atoms in total. The Labute approximate surface area is 170 Å². The molecule has 0 heterocycles. The fourth-order valence-corrected chi connectivity index (χ4v) is 2.91. The lowest BCUT2D eigenvalue weighted by Gasteiger charge is -2.07. The molecule has 3 rings (SSSR count). The molecule has 0 fully saturated rings. The zero-order valence-corrected chi connectivity index (χ0v) is 16.8. The minimum Gasteiger partial charge on any atom is -0.504 e. The van der Waals surface area contributed by atoms with Crippen LogP contribution in [0.1, 0.15) is 12.5 Å². The molecular weight excluding hydrogens is 424 g/mol. The average molecular weight is 443 g/mol. The van der Waals surface area contributed by atoms with E-state index in [2.05, 4.69) is 26.5 Å². The predicted molar refractivity (Wildman–Crippen MR) is 112 cm³/mol. The smallest absolute Gasteiger partial charge is 0.277 e. The van der Waals surface area contributed by atoms with Gasteiger partial charge in [0.2, 0.25) is 0 Å². The number of benzene rings is 3. The molecule has 3 aromatic carbocycles. The largest absolute Gasteiger partial charge is 0.504 e. The minimum atomic E-state index is -0.379. The lowest BCUT2D eigenvalue weighted by molar-refractivity contribution is -0.123. The van der Waals surface area contributed by atoms with Gasteiger partial charge >= 0.3 is 0 Å². The highest BCUT2D eigenvalue weighted by molar-refractivity contribution is 9.10. The maximum absolute atomic E-state index is 11.9. The number of phenols is 1. The van der Waals surface area contributed by atoms with Gasteiger partial charge in [0.1, 0.15) is 5.75 Å². The summed E-state index contributed by atoms with van der Waals surface area (Å²) in [5, 5.41) is 15.7. The Morgan fingerprint density at radius 2 is 1.89 bits per heavy atom. The highest BCUT2D eigenvalue weighted by Gasteiger charge is 2.04. The van der Waals surface area contributed by atoms with Crippen LogP contribution in [0.15, 0.2) is 64.2 Å². The van der Waals surface area contributed by atoms with Crippen molar-refractivity contribution in [1.29, 1.82) is 0 Å². The molecule has 0 unspecified atom stereocenters. The van der Waals surface area contributed by atoms with Gasteiger partial charge < -0.3 is 14.6 Å². The number of ether oxygens (including phenoxy) is 2. The topological polar surface area (TPSA) is 80.2 Å². The first-order chi connectivity index (χ1) is 13.5. The van der Waals surface area contributed by atoms with E-state index in [1.807, 2.05) is 43.3 Å². The van der Waals surface area contributed by atoms with Crippen molar-refractivity contribution in [3.8, 4) is 17.2 Å². The summed E-state index contributed by atoms with van der Waals surface area (Å²) < 4.78 is 11.8. The Hall–Kier alpha value is -3.06. The molecule has 28 heavy (non-hydrogen) atoms. The van der Waals surface area contributed by atoms with Gasteiger partial charge in [0.15, 0.2) is 18.1 Å². The van der Waals surface area contributed by atoms with E-state index < -0.39 is 0 Å². The van der Waals surface area contributed by atoms with E-state index in [4.69, 9.17) is 9.47 Å². The SMILES string of the molecule is CCOc1cc(/C=N/NC(=O)COc2ccc3cc(Br)ccc3c2)ccc1O. The van der Waals surface area contributed by atoms with Crippen LogP contribution in [-0.2, 0) is 4.79 Å². The van der Waals surface area contributed by atoms with Crippen molar-refractivity contribution in [3.05, 3.63) is 64.6 Å². The molecule has 1 amide bonds. The number of carbonyl (C=O) groups is 1. The fourth-order valence-electron chi connectivity index (χ4n) is 2.53. The first-order valence-corrected chi connectivity index (χ1v) is 9.44. The van der Waals surface area contributed by atoms with Crippen LogP contribution in [0.3, 0.4) is 0 Å². The molecule has 0 aliphatic heterocycles. The number of fused-ring (bicyclic) bond motifs is 1. The predicted octanol–water partition coefficient (Wildman–Crippen LogP) is 4.24. The lowest BCUT2D eigenvalue weighted by atomic mass is 10.1. The third-order valence-corrected chi connectivity index (χ3v) is 4.32. The quantitative estimate of drug-likeness (QED) is 0.423. The molecule has 0 aliphatic carbocycles. The molecule has 0 aliphatic rings. The van der Waals surface area contributed by atoms with Crippen LogP contribution in [0.4, 0.5) is 0 Å². The Morgan fingerprint density at radius 1 is 1.11 bits per heavy atom. The first kappa shape index (κ1) is 19.7. The summed E-state index contributed by atoms with van der Waals surface area (Å²) in [5.74, 6) is 0.647. The van der Waals surface area contributed by atoms with Gasteiger partial charge in [-0.1, -0.05) is 28.1 Å². The van der Waals surface area contributed by atoms with Crippen molar-refractivity contribution in [2.24, 2.45) is 5.10 Å². The number of hydrogen-bond donors (Lipinski definition) is 2. The molecule has 0 bridgehead atoms. The van der Waals surface area contributed by atoms with Crippen LogP contribution >= 0.6 is 15.9 Å². The normalized spacial score (nSPS) is 10.9. The summed E-state index contributed by atoms with van der Waals surface area (Å²) in [4.78, 5) is 11.9. The van der Waals surface area contributed by atoms with Crippen molar-refractivity contribution in [2.75, 3.05) is 13.2 Å². The highest BCUT2D eigenvalue weighted by Crippen LogP contribution is 2.26. The van der Waals surface area contributed by atoms with E-state index >= 15 is 0 Å². The molecule has 144 valence electrons. The van der Waals surface area contributed by atoms with E-state index in [0.717, 1.165) is 15.2 Å². The van der Waals surface area contributed by atoms with Crippen molar-refractivity contribution in [3.63, 3.8) is 0 Å². The maximum Gasteiger partial charge on any atom is 0.277 e. The van der Waals surface area contributed by atoms with Gasteiger partial charge in [-0.05, 0) is 65.7 Å². The average Bonchev–Trinajstić information content (AvgIpc) is 2.69. The van der Waals surface area contributed by atoms with Crippen LogP contribution in [0.25, 0.3) is 10.8 Å². The zero-order valence-electron chi connectivity index (χ0n) is 15.2. The third kappa shape index (κ3) is 5.23. The van der Waals surface area contributed by atoms with Gasteiger partial charge in [-0.15, -0.1) is 0 Å². The van der Waals surface area contributed by atoms with Crippen LogP contribution in [0, 0.1) is 0 Å². The summed E-state index contributed by atoms with van der Waals surface area (Å²) in [7, 11) is 0. The second-order valence-electron chi connectivity index (χ2n) is 5.90. The molecular formula is C21H19BrN2O4. The summed E-state index contributed by atoms with van der Waals surface area (Å²) >= 11 is 3.44. The first-order valence-electron chi connectivity index (χ1n) is 8.65. The molecule has 3 aromatic rings. The van der Waals surface area contributed by atoms with Crippen LogP contribution in [0.2, 0.25) is 0 Å². The van der Waals surface area contributed by atoms with Gasteiger partial charge in [-0.3, -0.25) is 4.79 Å². The van der Waals surface area contributed by atoms with Gasteiger partial charge in [0.05, 0.1) is 12.8 Å².